The number of hydrogen-bond donors (Lipinski definition) is 2. The molecule has 27 heavy (non-hydrogen) atoms. The molecule has 0 aliphatic heterocycles. The smallest absolute Gasteiger partial charge is 0.191 e. The average molecular weight is 410 g/mol. The molecular formula is C19H24FN3O2S2. The topological polar surface area (TPSA) is 70.6 Å². The van der Waals surface area contributed by atoms with E-state index < -0.39 is 9.84 Å². The lowest BCUT2D eigenvalue weighted by Gasteiger charge is -2.14. The minimum absolute atomic E-state index is 0.233. The third-order valence-corrected chi connectivity index (χ3v) is 5.68. The molecule has 0 fully saturated rings. The minimum atomic E-state index is -3.19. The molecule has 5 nitrogen and oxygen atoms in total. The molecule has 2 aromatic rings. The van der Waals surface area contributed by atoms with Gasteiger partial charge in [-0.05, 0) is 47.2 Å². The van der Waals surface area contributed by atoms with E-state index in [4.69, 9.17) is 0 Å². The highest BCUT2D eigenvalue weighted by Crippen LogP contribution is 2.16. The molecule has 0 atom stereocenters. The third kappa shape index (κ3) is 6.55. The van der Waals surface area contributed by atoms with Gasteiger partial charge in [-0.25, -0.2) is 12.8 Å². The summed E-state index contributed by atoms with van der Waals surface area (Å²) in [4.78, 5) is 4.49. The first-order valence-corrected chi connectivity index (χ1v) is 11.6. The van der Waals surface area contributed by atoms with Gasteiger partial charge in [0.15, 0.2) is 15.8 Å². The van der Waals surface area contributed by atoms with Gasteiger partial charge >= 0.3 is 0 Å². The zero-order valence-electron chi connectivity index (χ0n) is 15.6. The number of nitrogens with zero attached hydrogens (tertiary/aromatic N) is 1. The molecule has 0 heterocycles. The van der Waals surface area contributed by atoms with Gasteiger partial charge in [0.05, 0.1) is 4.90 Å². The van der Waals surface area contributed by atoms with E-state index in [0.717, 1.165) is 22.4 Å². The van der Waals surface area contributed by atoms with E-state index in [1.807, 2.05) is 6.26 Å². The molecule has 0 spiro atoms. The Morgan fingerprint density at radius 3 is 2.33 bits per heavy atom. The first-order chi connectivity index (χ1) is 12.8. The second kappa shape index (κ2) is 9.75. The highest BCUT2D eigenvalue weighted by Gasteiger charge is 2.07. The molecule has 0 bridgehead atoms. The van der Waals surface area contributed by atoms with Gasteiger partial charge in [-0.2, -0.15) is 11.8 Å². The number of nitrogens with one attached hydrogen (secondary N) is 2. The number of thioether (sulfide) groups is 1. The number of guanidine groups is 1. The van der Waals surface area contributed by atoms with E-state index in [1.165, 1.54) is 12.3 Å². The fraction of sp³-hybridized carbons (Fsp3) is 0.316. The summed E-state index contributed by atoms with van der Waals surface area (Å²) in [5.41, 5.74) is 2.92. The van der Waals surface area contributed by atoms with Crippen molar-refractivity contribution in [2.45, 2.75) is 23.7 Å². The number of benzene rings is 2. The molecule has 8 heteroatoms. The van der Waals surface area contributed by atoms with E-state index in [2.05, 4.69) is 15.6 Å². The van der Waals surface area contributed by atoms with Gasteiger partial charge in [-0.3, -0.25) is 4.99 Å². The molecule has 0 saturated carbocycles. The second-order valence-corrected chi connectivity index (χ2v) is 8.92. The highest BCUT2D eigenvalue weighted by atomic mass is 32.2. The van der Waals surface area contributed by atoms with Gasteiger partial charge in [-0.1, -0.05) is 18.2 Å². The van der Waals surface area contributed by atoms with Gasteiger partial charge in [0.25, 0.3) is 0 Å². The van der Waals surface area contributed by atoms with E-state index in [-0.39, 0.29) is 5.82 Å². The fourth-order valence-electron chi connectivity index (χ4n) is 2.50. The first-order valence-electron chi connectivity index (χ1n) is 8.33. The molecule has 0 aliphatic rings. The van der Waals surface area contributed by atoms with Crippen LogP contribution in [0.4, 0.5) is 4.39 Å². The third-order valence-electron chi connectivity index (χ3n) is 3.95. The van der Waals surface area contributed by atoms with Crippen LogP contribution in [0.5, 0.6) is 0 Å². The molecule has 146 valence electrons. The molecular weight excluding hydrogens is 385 g/mol. The van der Waals surface area contributed by atoms with Crippen molar-refractivity contribution in [2.75, 3.05) is 19.6 Å². The van der Waals surface area contributed by atoms with Crippen LogP contribution in [0.3, 0.4) is 0 Å². The standard InChI is InChI=1S/C19H24FN3O2S2/c1-21-19(22-11-14-4-8-18(9-5-14)27(3,24)25)23-12-15-6-7-17(20)10-16(15)13-26-2/h4-10H,11-13H2,1-3H3,(H2,21,22,23). The molecule has 0 saturated heterocycles. The van der Waals surface area contributed by atoms with Gasteiger partial charge < -0.3 is 10.6 Å². The van der Waals surface area contributed by atoms with Crippen LogP contribution in [0.25, 0.3) is 0 Å². The number of halogens is 1. The average Bonchev–Trinajstić information content (AvgIpc) is 2.63. The number of sulfone groups is 1. The van der Waals surface area contributed by atoms with Crippen LogP contribution in [0.1, 0.15) is 16.7 Å². The summed E-state index contributed by atoms with van der Waals surface area (Å²) in [6.45, 7) is 1.04. The molecule has 0 unspecified atom stereocenters. The van der Waals surface area contributed by atoms with Crippen LogP contribution in [-0.4, -0.2) is 33.9 Å². The quantitative estimate of drug-likeness (QED) is 0.543. The molecule has 0 aromatic heterocycles. The van der Waals surface area contributed by atoms with E-state index in [1.54, 1.807) is 55.2 Å². The summed E-state index contributed by atoms with van der Waals surface area (Å²) >= 11 is 1.64. The lowest BCUT2D eigenvalue weighted by Crippen LogP contribution is -2.36. The van der Waals surface area contributed by atoms with Crippen LogP contribution >= 0.6 is 11.8 Å². The summed E-state index contributed by atoms with van der Waals surface area (Å²) in [5.74, 6) is 1.12. The zero-order chi connectivity index (χ0) is 19.9. The maximum absolute atomic E-state index is 13.4. The van der Waals surface area contributed by atoms with Crippen molar-refractivity contribution in [3.8, 4) is 0 Å². The summed E-state index contributed by atoms with van der Waals surface area (Å²) in [6.07, 6.45) is 3.17. The molecule has 0 radical (unpaired) electrons. The Balaban J connectivity index is 1.95. The van der Waals surface area contributed by atoms with E-state index >= 15 is 0 Å². The van der Waals surface area contributed by atoms with Crippen molar-refractivity contribution in [1.29, 1.82) is 0 Å². The van der Waals surface area contributed by atoms with E-state index in [9.17, 15) is 12.8 Å². The van der Waals surface area contributed by atoms with Crippen molar-refractivity contribution in [3.05, 3.63) is 65.0 Å². The number of rotatable bonds is 7. The van der Waals surface area contributed by atoms with Crippen LogP contribution < -0.4 is 10.6 Å². The lowest BCUT2D eigenvalue weighted by molar-refractivity contribution is 0.602. The number of hydrogen-bond acceptors (Lipinski definition) is 4. The van der Waals surface area contributed by atoms with Crippen molar-refractivity contribution in [1.82, 2.24) is 10.6 Å². The zero-order valence-corrected chi connectivity index (χ0v) is 17.3. The van der Waals surface area contributed by atoms with Gasteiger partial charge in [0, 0.05) is 32.1 Å². The summed E-state index contributed by atoms with van der Waals surface area (Å²) in [7, 11) is -1.52. The van der Waals surface area contributed by atoms with E-state index in [0.29, 0.717) is 23.9 Å². The van der Waals surface area contributed by atoms with Crippen molar-refractivity contribution in [3.63, 3.8) is 0 Å². The maximum atomic E-state index is 13.4. The fourth-order valence-corrected chi connectivity index (χ4v) is 3.71. The molecule has 2 aromatic carbocycles. The van der Waals surface area contributed by atoms with Gasteiger partial charge in [0.1, 0.15) is 5.82 Å². The van der Waals surface area contributed by atoms with Crippen molar-refractivity contribution in [2.24, 2.45) is 4.99 Å². The summed E-state index contributed by atoms with van der Waals surface area (Å²) in [6, 6.07) is 11.5. The lowest BCUT2D eigenvalue weighted by atomic mass is 10.1. The first kappa shape index (κ1) is 21.2. The Labute approximate surface area is 164 Å². The van der Waals surface area contributed by atoms with Crippen LogP contribution in [0.2, 0.25) is 0 Å². The Hall–Kier alpha value is -2.06. The summed E-state index contributed by atoms with van der Waals surface area (Å²) < 4.78 is 36.4. The van der Waals surface area contributed by atoms with Crippen molar-refractivity contribution >= 4 is 27.6 Å². The Kier molecular flexibility index (Phi) is 7.67. The highest BCUT2D eigenvalue weighted by molar-refractivity contribution is 7.97. The predicted molar refractivity (Wildman–Crippen MR) is 110 cm³/mol. The minimum Gasteiger partial charge on any atom is -0.352 e. The maximum Gasteiger partial charge on any atom is 0.191 e. The largest absolute Gasteiger partial charge is 0.352 e. The SMILES string of the molecule is CN=C(NCc1ccc(S(C)(=O)=O)cc1)NCc1ccc(F)cc1CSC. The Morgan fingerprint density at radius 2 is 1.74 bits per heavy atom. The Morgan fingerprint density at radius 1 is 1.07 bits per heavy atom. The number of aliphatic imine (C=N–C) groups is 1. The van der Waals surface area contributed by atoms with Crippen LogP contribution in [0, 0.1) is 5.82 Å². The second-order valence-electron chi connectivity index (χ2n) is 6.04. The van der Waals surface area contributed by atoms with Crippen LogP contribution in [0.15, 0.2) is 52.4 Å². The van der Waals surface area contributed by atoms with Gasteiger partial charge in [0.2, 0.25) is 0 Å². The normalized spacial score (nSPS) is 12.1. The summed E-state index contributed by atoms with van der Waals surface area (Å²) in [5, 5.41) is 6.41. The molecule has 0 amide bonds. The molecule has 0 aliphatic carbocycles. The van der Waals surface area contributed by atoms with Crippen LogP contribution in [-0.2, 0) is 28.7 Å². The van der Waals surface area contributed by atoms with Gasteiger partial charge in [-0.15, -0.1) is 0 Å². The molecule has 2 rings (SSSR count). The molecule has 2 N–H and O–H groups in total. The monoisotopic (exact) mass is 409 g/mol. The van der Waals surface area contributed by atoms with Crippen molar-refractivity contribution < 1.29 is 12.8 Å². The predicted octanol–water partition coefficient (Wildman–Crippen LogP) is 2.96. The Bertz CT molecular complexity index is 898.